The number of hydrogen-bond donors (Lipinski definition) is 1. The molecule has 1 N–H and O–H groups in total. The van der Waals surface area contributed by atoms with E-state index in [2.05, 4.69) is 36.1 Å². The van der Waals surface area contributed by atoms with Gasteiger partial charge in [0, 0.05) is 20.1 Å². The molecular formula is C14H21BrN4. The Balaban J connectivity index is 1.74. The van der Waals surface area contributed by atoms with Crippen LogP contribution < -0.4 is 10.2 Å². The molecule has 1 spiro atoms. The second kappa shape index (κ2) is 5.27. The van der Waals surface area contributed by atoms with Gasteiger partial charge in [0.25, 0.3) is 0 Å². The van der Waals surface area contributed by atoms with Gasteiger partial charge in [0.15, 0.2) is 0 Å². The molecule has 104 valence electrons. The van der Waals surface area contributed by atoms with E-state index in [0.29, 0.717) is 5.41 Å². The molecule has 0 amide bonds. The lowest BCUT2D eigenvalue weighted by atomic mass is 9.77. The van der Waals surface area contributed by atoms with Crippen LogP contribution in [-0.2, 0) is 0 Å². The third kappa shape index (κ3) is 2.45. The highest BCUT2D eigenvalue weighted by atomic mass is 79.9. The first-order valence-corrected chi connectivity index (χ1v) is 7.97. The zero-order valence-electron chi connectivity index (χ0n) is 11.5. The molecule has 2 aliphatic rings. The Hall–Kier alpha value is -0.840. The zero-order chi connectivity index (χ0) is 13.3. The molecule has 2 heterocycles. The first kappa shape index (κ1) is 13.2. The Labute approximate surface area is 123 Å². The molecule has 1 saturated heterocycles. The van der Waals surface area contributed by atoms with Gasteiger partial charge in [-0.1, -0.05) is 12.8 Å². The van der Waals surface area contributed by atoms with Crippen LogP contribution in [0, 0.1) is 5.41 Å². The number of piperidine rings is 1. The fourth-order valence-electron chi connectivity index (χ4n) is 3.57. The summed E-state index contributed by atoms with van der Waals surface area (Å²) in [6.07, 6.45) is 10.0. The van der Waals surface area contributed by atoms with Crippen LogP contribution in [0.1, 0.15) is 38.5 Å². The number of hydrogen-bond acceptors (Lipinski definition) is 4. The quantitative estimate of drug-likeness (QED) is 0.904. The Morgan fingerprint density at radius 3 is 2.47 bits per heavy atom. The third-order valence-electron chi connectivity index (χ3n) is 4.80. The van der Waals surface area contributed by atoms with Crippen LogP contribution in [0.25, 0.3) is 0 Å². The maximum atomic E-state index is 4.45. The van der Waals surface area contributed by atoms with Crippen LogP contribution in [0.4, 0.5) is 11.6 Å². The summed E-state index contributed by atoms with van der Waals surface area (Å²) in [5.41, 5.74) is 0.655. The molecule has 1 aliphatic heterocycles. The third-order valence-corrected chi connectivity index (χ3v) is 5.53. The van der Waals surface area contributed by atoms with Crippen LogP contribution in [0.5, 0.6) is 0 Å². The van der Waals surface area contributed by atoms with Crippen LogP contribution in [0.2, 0.25) is 0 Å². The van der Waals surface area contributed by atoms with Crippen molar-refractivity contribution in [1.82, 2.24) is 9.97 Å². The monoisotopic (exact) mass is 324 g/mol. The molecule has 1 aromatic rings. The van der Waals surface area contributed by atoms with Crippen molar-refractivity contribution in [2.24, 2.45) is 5.41 Å². The maximum Gasteiger partial charge on any atom is 0.148 e. The molecule has 2 fully saturated rings. The van der Waals surface area contributed by atoms with Gasteiger partial charge < -0.3 is 10.2 Å². The smallest absolute Gasteiger partial charge is 0.148 e. The van der Waals surface area contributed by atoms with E-state index in [1.54, 1.807) is 6.33 Å². The molecule has 19 heavy (non-hydrogen) atoms. The minimum atomic E-state index is 0.655. The molecule has 0 unspecified atom stereocenters. The summed E-state index contributed by atoms with van der Waals surface area (Å²) in [5.74, 6) is 1.90. The fraction of sp³-hybridized carbons (Fsp3) is 0.714. The normalized spacial score (nSPS) is 21.9. The van der Waals surface area contributed by atoms with Crippen molar-refractivity contribution < 1.29 is 0 Å². The zero-order valence-corrected chi connectivity index (χ0v) is 13.0. The Morgan fingerprint density at radius 2 is 1.84 bits per heavy atom. The van der Waals surface area contributed by atoms with E-state index in [0.717, 1.165) is 29.2 Å². The van der Waals surface area contributed by atoms with Gasteiger partial charge in [-0.15, -0.1) is 0 Å². The average Bonchev–Trinajstić information content (AvgIpc) is 2.89. The summed E-state index contributed by atoms with van der Waals surface area (Å²) in [4.78, 5) is 11.1. The number of anilines is 2. The molecule has 5 heteroatoms. The Bertz CT molecular complexity index is 447. The van der Waals surface area contributed by atoms with Gasteiger partial charge in [0.2, 0.25) is 0 Å². The van der Waals surface area contributed by atoms with E-state index in [4.69, 9.17) is 0 Å². The van der Waals surface area contributed by atoms with E-state index in [1.165, 1.54) is 38.5 Å². The molecule has 0 bridgehead atoms. The summed E-state index contributed by atoms with van der Waals surface area (Å²) < 4.78 is 0.986. The fourth-order valence-corrected chi connectivity index (χ4v) is 4.23. The largest absolute Gasteiger partial charge is 0.372 e. The number of nitrogens with zero attached hydrogens (tertiary/aromatic N) is 3. The SMILES string of the molecule is CNc1ncnc(N2CCC3(CCCC3)CC2)c1Br. The first-order chi connectivity index (χ1) is 9.24. The van der Waals surface area contributed by atoms with Crippen molar-refractivity contribution in [1.29, 1.82) is 0 Å². The van der Waals surface area contributed by atoms with Crippen molar-refractivity contribution in [2.45, 2.75) is 38.5 Å². The Kier molecular flexibility index (Phi) is 3.65. The second-order valence-corrected chi connectivity index (χ2v) is 6.60. The van der Waals surface area contributed by atoms with Crippen LogP contribution in [0.15, 0.2) is 10.8 Å². The second-order valence-electron chi connectivity index (χ2n) is 5.80. The van der Waals surface area contributed by atoms with Gasteiger partial charge in [0.05, 0.1) is 0 Å². The van der Waals surface area contributed by atoms with E-state index < -0.39 is 0 Å². The predicted molar refractivity (Wildman–Crippen MR) is 81.6 cm³/mol. The molecule has 1 saturated carbocycles. The van der Waals surface area contributed by atoms with Crippen molar-refractivity contribution in [3.05, 3.63) is 10.8 Å². The van der Waals surface area contributed by atoms with Crippen molar-refractivity contribution >= 4 is 27.6 Å². The molecule has 1 aromatic heterocycles. The van der Waals surface area contributed by atoms with E-state index in [1.807, 2.05) is 7.05 Å². The highest BCUT2D eigenvalue weighted by Gasteiger charge is 2.37. The topological polar surface area (TPSA) is 41.1 Å². The molecule has 0 aromatic carbocycles. The minimum Gasteiger partial charge on any atom is -0.372 e. The number of halogens is 1. The van der Waals surface area contributed by atoms with E-state index in [9.17, 15) is 0 Å². The van der Waals surface area contributed by atoms with E-state index >= 15 is 0 Å². The summed E-state index contributed by atoms with van der Waals surface area (Å²) in [6, 6.07) is 0. The first-order valence-electron chi connectivity index (χ1n) is 7.17. The molecule has 0 atom stereocenters. The highest BCUT2D eigenvalue weighted by molar-refractivity contribution is 9.10. The minimum absolute atomic E-state index is 0.655. The van der Waals surface area contributed by atoms with Crippen molar-refractivity contribution in [3.63, 3.8) is 0 Å². The summed E-state index contributed by atoms with van der Waals surface area (Å²) in [6.45, 7) is 2.25. The molecule has 0 radical (unpaired) electrons. The maximum absolute atomic E-state index is 4.45. The Morgan fingerprint density at radius 1 is 1.16 bits per heavy atom. The molecule has 4 nitrogen and oxygen atoms in total. The van der Waals surface area contributed by atoms with Gasteiger partial charge in [-0.3, -0.25) is 0 Å². The van der Waals surface area contributed by atoms with Crippen molar-refractivity contribution in [3.8, 4) is 0 Å². The number of rotatable bonds is 2. The molecular weight excluding hydrogens is 304 g/mol. The van der Waals surface area contributed by atoms with Crippen LogP contribution in [0.3, 0.4) is 0 Å². The van der Waals surface area contributed by atoms with E-state index in [-0.39, 0.29) is 0 Å². The van der Waals surface area contributed by atoms with Gasteiger partial charge in [-0.05, 0) is 47.0 Å². The van der Waals surface area contributed by atoms with Gasteiger partial charge in [0.1, 0.15) is 22.4 Å². The lowest BCUT2D eigenvalue weighted by molar-refractivity contribution is 0.226. The predicted octanol–water partition coefficient (Wildman–Crippen LogP) is 3.44. The lowest BCUT2D eigenvalue weighted by Gasteiger charge is -2.40. The summed E-state index contributed by atoms with van der Waals surface area (Å²) >= 11 is 3.62. The standard InChI is InChI=1S/C14H21BrN4/c1-16-12-11(15)13(18-10-17-12)19-8-6-14(7-9-19)4-2-3-5-14/h10H,2-9H2,1H3,(H,16,17,18). The average molecular weight is 325 g/mol. The number of nitrogens with one attached hydrogen (secondary N) is 1. The lowest BCUT2D eigenvalue weighted by Crippen LogP contribution is -2.39. The van der Waals surface area contributed by atoms with Crippen LogP contribution in [-0.4, -0.2) is 30.1 Å². The summed E-state index contributed by atoms with van der Waals surface area (Å²) in [7, 11) is 1.89. The molecule has 3 rings (SSSR count). The number of aromatic nitrogens is 2. The summed E-state index contributed by atoms with van der Waals surface area (Å²) in [5, 5.41) is 3.10. The molecule has 1 aliphatic carbocycles. The van der Waals surface area contributed by atoms with Gasteiger partial charge in [-0.25, -0.2) is 9.97 Å². The van der Waals surface area contributed by atoms with Gasteiger partial charge >= 0.3 is 0 Å². The highest BCUT2D eigenvalue weighted by Crippen LogP contribution is 2.47. The van der Waals surface area contributed by atoms with Crippen molar-refractivity contribution in [2.75, 3.05) is 30.4 Å². The van der Waals surface area contributed by atoms with Gasteiger partial charge in [-0.2, -0.15) is 0 Å². The van der Waals surface area contributed by atoms with Crippen LogP contribution >= 0.6 is 15.9 Å².